The first kappa shape index (κ1) is 15.5. The van der Waals surface area contributed by atoms with Crippen LogP contribution in [0.15, 0.2) is 18.2 Å². The van der Waals surface area contributed by atoms with Gasteiger partial charge in [0.05, 0.1) is 12.3 Å². The molecule has 114 valence electrons. The zero-order valence-electron chi connectivity index (χ0n) is 12.9. The molecule has 4 heteroatoms. The van der Waals surface area contributed by atoms with E-state index in [0.29, 0.717) is 25.9 Å². The van der Waals surface area contributed by atoms with Crippen molar-refractivity contribution >= 4 is 11.9 Å². The van der Waals surface area contributed by atoms with Crippen molar-refractivity contribution in [1.82, 2.24) is 4.90 Å². The molecule has 1 aromatic carbocycles. The fourth-order valence-corrected chi connectivity index (χ4v) is 3.00. The van der Waals surface area contributed by atoms with Crippen molar-refractivity contribution in [3.05, 3.63) is 34.9 Å². The molecule has 1 aliphatic rings. The van der Waals surface area contributed by atoms with E-state index in [1.165, 1.54) is 0 Å². The summed E-state index contributed by atoms with van der Waals surface area (Å²) in [6, 6.07) is 6.14. The standard InChI is InChI=1S/C17H23NO3/c1-11-4-5-12(2)14(8-11)9-16(19)18-7-6-15(17(20)21)13(3)10-18/h4-5,8,13,15H,6-7,9-10H2,1-3H3,(H,20,21). The number of hydrogen-bond donors (Lipinski definition) is 1. The van der Waals surface area contributed by atoms with Crippen LogP contribution in [0.4, 0.5) is 0 Å². The monoisotopic (exact) mass is 289 g/mol. The number of aliphatic carboxylic acids is 1. The van der Waals surface area contributed by atoms with Gasteiger partial charge in [0.1, 0.15) is 0 Å². The molecule has 1 N–H and O–H groups in total. The van der Waals surface area contributed by atoms with Gasteiger partial charge in [0, 0.05) is 13.1 Å². The highest BCUT2D eigenvalue weighted by Crippen LogP contribution is 2.24. The highest BCUT2D eigenvalue weighted by molar-refractivity contribution is 5.80. The number of carbonyl (C=O) groups excluding carboxylic acids is 1. The lowest BCUT2D eigenvalue weighted by atomic mass is 9.87. The fraction of sp³-hybridized carbons (Fsp3) is 0.529. The maximum absolute atomic E-state index is 12.4. The predicted molar refractivity (Wildman–Crippen MR) is 81.1 cm³/mol. The van der Waals surface area contributed by atoms with E-state index in [1.807, 2.05) is 37.8 Å². The third-order valence-electron chi connectivity index (χ3n) is 4.42. The van der Waals surface area contributed by atoms with E-state index in [9.17, 15) is 9.59 Å². The van der Waals surface area contributed by atoms with Crippen molar-refractivity contribution < 1.29 is 14.7 Å². The predicted octanol–water partition coefficient (Wildman–Crippen LogP) is 2.42. The van der Waals surface area contributed by atoms with Crippen molar-refractivity contribution in [2.45, 2.75) is 33.6 Å². The zero-order valence-corrected chi connectivity index (χ0v) is 12.9. The van der Waals surface area contributed by atoms with Crippen LogP contribution in [0.25, 0.3) is 0 Å². The Morgan fingerprint density at radius 3 is 2.67 bits per heavy atom. The van der Waals surface area contributed by atoms with E-state index in [-0.39, 0.29) is 17.7 Å². The average Bonchev–Trinajstić information content (AvgIpc) is 2.42. The van der Waals surface area contributed by atoms with Crippen molar-refractivity contribution in [1.29, 1.82) is 0 Å². The minimum Gasteiger partial charge on any atom is -0.481 e. The first-order valence-electron chi connectivity index (χ1n) is 7.45. The number of carboxylic acid groups (broad SMARTS) is 1. The van der Waals surface area contributed by atoms with E-state index < -0.39 is 5.97 Å². The Hall–Kier alpha value is -1.84. The number of aryl methyl sites for hydroxylation is 2. The molecule has 2 rings (SSSR count). The van der Waals surface area contributed by atoms with E-state index in [2.05, 4.69) is 6.07 Å². The minimum atomic E-state index is -0.746. The van der Waals surface area contributed by atoms with Crippen LogP contribution in [0.2, 0.25) is 0 Å². The maximum atomic E-state index is 12.4. The maximum Gasteiger partial charge on any atom is 0.306 e. The van der Waals surface area contributed by atoms with Gasteiger partial charge in [0.15, 0.2) is 0 Å². The lowest BCUT2D eigenvalue weighted by Crippen LogP contribution is -2.45. The molecule has 4 nitrogen and oxygen atoms in total. The van der Waals surface area contributed by atoms with Gasteiger partial charge in [0.25, 0.3) is 0 Å². The van der Waals surface area contributed by atoms with Crippen LogP contribution >= 0.6 is 0 Å². The highest BCUT2D eigenvalue weighted by atomic mass is 16.4. The number of benzene rings is 1. The molecule has 1 aromatic rings. The molecule has 1 heterocycles. The first-order chi connectivity index (χ1) is 9.88. The third kappa shape index (κ3) is 3.63. The lowest BCUT2D eigenvalue weighted by Gasteiger charge is -2.35. The normalized spacial score (nSPS) is 22.1. The minimum absolute atomic E-state index is 0.0128. The fourth-order valence-electron chi connectivity index (χ4n) is 3.00. The Labute approximate surface area is 125 Å². The van der Waals surface area contributed by atoms with Gasteiger partial charge in [-0.05, 0) is 37.3 Å². The summed E-state index contributed by atoms with van der Waals surface area (Å²) in [5.74, 6) is -0.961. The quantitative estimate of drug-likeness (QED) is 0.929. The summed E-state index contributed by atoms with van der Waals surface area (Å²) in [5, 5.41) is 9.13. The summed E-state index contributed by atoms with van der Waals surface area (Å²) in [6.45, 7) is 7.04. The second kappa shape index (κ2) is 6.29. The molecule has 2 atom stereocenters. The number of amides is 1. The lowest BCUT2D eigenvalue weighted by molar-refractivity contribution is -0.148. The number of nitrogens with zero attached hydrogens (tertiary/aromatic N) is 1. The van der Waals surface area contributed by atoms with E-state index >= 15 is 0 Å². The summed E-state index contributed by atoms with van der Waals surface area (Å²) in [4.78, 5) is 25.4. The molecule has 0 saturated carbocycles. The molecule has 2 unspecified atom stereocenters. The second-order valence-electron chi connectivity index (χ2n) is 6.16. The number of rotatable bonds is 3. The third-order valence-corrected chi connectivity index (χ3v) is 4.42. The summed E-state index contributed by atoms with van der Waals surface area (Å²) in [7, 11) is 0. The number of piperidine rings is 1. The first-order valence-corrected chi connectivity index (χ1v) is 7.45. The van der Waals surface area contributed by atoms with Crippen molar-refractivity contribution in [2.24, 2.45) is 11.8 Å². The molecule has 0 bridgehead atoms. The molecule has 0 aliphatic carbocycles. The van der Waals surface area contributed by atoms with Gasteiger partial charge in [-0.3, -0.25) is 9.59 Å². The van der Waals surface area contributed by atoms with Crippen LogP contribution in [0.1, 0.15) is 30.0 Å². The average molecular weight is 289 g/mol. The van der Waals surface area contributed by atoms with Crippen LogP contribution in [0.3, 0.4) is 0 Å². The van der Waals surface area contributed by atoms with Gasteiger partial charge in [-0.15, -0.1) is 0 Å². The zero-order chi connectivity index (χ0) is 15.6. The van der Waals surface area contributed by atoms with Gasteiger partial charge in [-0.1, -0.05) is 30.7 Å². The number of hydrogen-bond acceptors (Lipinski definition) is 2. The Bertz CT molecular complexity index is 553. The molecule has 1 amide bonds. The van der Waals surface area contributed by atoms with Crippen molar-refractivity contribution in [2.75, 3.05) is 13.1 Å². The van der Waals surface area contributed by atoms with Gasteiger partial charge in [0.2, 0.25) is 5.91 Å². The summed E-state index contributed by atoms with van der Waals surface area (Å²) < 4.78 is 0. The number of likely N-dealkylation sites (tertiary alicyclic amines) is 1. The summed E-state index contributed by atoms with van der Waals surface area (Å²) in [6.07, 6.45) is 0.951. The Morgan fingerprint density at radius 2 is 2.05 bits per heavy atom. The van der Waals surface area contributed by atoms with Gasteiger partial charge >= 0.3 is 5.97 Å². The van der Waals surface area contributed by atoms with Crippen LogP contribution < -0.4 is 0 Å². The van der Waals surface area contributed by atoms with Gasteiger partial charge < -0.3 is 10.0 Å². The number of carbonyl (C=O) groups is 2. The smallest absolute Gasteiger partial charge is 0.306 e. The van der Waals surface area contributed by atoms with Gasteiger partial charge in [-0.25, -0.2) is 0 Å². The van der Waals surface area contributed by atoms with Crippen LogP contribution in [-0.2, 0) is 16.0 Å². The summed E-state index contributed by atoms with van der Waals surface area (Å²) in [5.41, 5.74) is 3.34. The highest BCUT2D eigenvalue weighted by Gasteiger charge is 2.32. The summed E-state index contributed by atoms with van der Waals surface area (Å²) >= 11 is 0. The SMILES string of the molecule is Cc1ccc(C)c(CC(=O)N2CCC(C(=O)O)C(C)C2)c1. The van der Waals surface area contributed by atoms with Crippen molar-refractivity contribution in [3.63, 3.8) is 0 Å². The molecule has 0 aromatic heterocycles. The largest absolute Gasteiger partial charge is 0.481 e. The van der Waals surface area contributed by atoms with Crippen LogP contribution in [-0.4, -0.2) is 35.0 Å². The number of carboxylic acids is 1. The Balaban J connectivity index is 2.02. The van der Waals surface area contributed by atoms with E-state index in [1.54, 1.807) is 0 Å². The molecule has 1 saturated heterocycles. The molecule has 0 radical (unpaired) electrons. The molecular weight excluding hydrogens is 266 g/mol. The Morgan fingerprint density at radius 1 is 1.33 bits per heavy atom. The van der Waals surface area contributed by atoms with Crippen LogP contribution in [0, 0.1) is 25.7 Å². The van der Waals surface area contributed by atoms with Crippen LogP contribution in [0.5, 0.6) is 0 Å². The topological polar surface area (TPSA) is 57.6 Å². The molecular formula is C17H23NO3. The molecule has 0 spiro atoms. The second-order valence-corrected chi connectivity index (χ2v) is 6.16. The molecule has 1 fully saturated rings. The molecule has 21 heavy (non-hydrogen) atoms. The van der Waals surface area contributed by atoms with Crippen molar-refractivity contribution in [3.8, 4) is 0 Å². The Kier molecular flexibility index (Phi) is 4.66. The van der Waals surface area contributed by atoms with Gasteiger partial charge in [-0.2, -0.15) is 0 Å². The van der Waals surface area contributed by atoms with E-state index in [0.717, 1.165) is 16.7 Å². The molecule has 1 aliphatic heterocycles. The van der Waals surface area contributed by atoms with E-state index in [4.69, 9.17) is 5.11 Å².